The van der Waals surface area contributed by atoms with Crippen LogP contribution in [0.25, 0.3) is 0 Å². The molecule has 0 spiro atoms. The number of anilines is 1. The molecule has 0 saturated carbocycles. The average Bonchev–Trinajstić information content (AvgIpc) is 2.42. The lowest BCUT2D eigenvalue weighted by molar-refractivity contribution is 0.0954. The second-order valence-electron chi connectivity index (χ2n) is 4.50. The average molecular weight is 318 g/mol. The van der Waals surface area contributed by atoms with Crippen molar-refractivity contribution in [3.63, 3.8) is 0 Å². The van der Waals surface area contributed by atoms with Crippen molar-refractivity contribution < 1.29 is 9.00 Å². The van der Waals surface area contributed by atoms with Gasteiger partial charge in [0.25, 0.3) is 5.91 Å². The second kappa shape index (κ2) is 8.21. The van der Waals surface area contributed by atoms with E-state index in [9.17, 15) is 9.00 Å². The summed E-state index contributed by atoms with van der Waals surface area (Å²) in [5.41, 5.74) is 0.395. The molecule has 2 atom stereocenters. The molecule has 2 unspecified atom stereocenters. The molecule has 0 aliphatic rings. The largest absolute Gasteiger partial charge is 0.369 e. The van der Waals surface area contributed by atoms with Gasteiger partial charge in [-0.2, -0.15) is 0 Å². The minimum Gasteiger partial charge on any atom is -0.369 e. The molecule has 1 aromatic heterocycles. The van der Waals surface area contributed by atoms with Gasteiger partial charge in [0, 0.05) is 41.6 Å². The van der Waals surface area contributed by atoms with Crippen LogP contribution >= 0.6 is 11.6 Å². The van der Waals surface area contributed by atoms with Crippen LogP contribution < -0.4 is 10.6 Å². The number of amides is 1. The fourth-order valence-electron chi connectivity index (χ4n) is 1.39. The van der Waals surface area contributed by atoms with Gasteiger partial charge in [0.05, 0.1) is 10.6 Å². The van der Waals surface area contributed by atoms with E-state index in [1.807, 2.05) is 13.8 Å². The zero-order chi connectivity index (χ0) is 15.1. The standard InChI is InChI=1S/C13H20ClN3O2S/c1-4-5-15-12-11(14)6-10(8-16-12)13(18)17-7-9(2)20(3)19/h6,8-9H,4-5,7H2,1-3H3,(H,15,16)(H,17,18). The van der Waals surface area contributed by atoms with Gasteiger partial charge in [0.1, 0.15) is 5.82 Å². The lowest BCUT2D eigenvalue weighted by atomic mass is 10.2. The molecule has 0 aliphatic heterocycles. The first-order valence-corrected chi connectivity index (χ1v) is 8.45. The SMILES string of the molecule is CCCNc1ncc(C(=O)NCC(C)S(C)=O)cc1Cl. The molecule has 1 aromatic rings. The Morgan fingerprint density at radius 1 is 1.55 bits per heavy atom. The molecule has 0 saturated heterocycles. The highest BCUT2D eigenvalue weighted by atomic mass is 35.5. The smallest absolute Gasteiger partial charge is 0.252 e. The summed E-state index contributed by atoms with van der Waals surface area (Å²) in [6.07, 6.45) is 4.06. The highest BCUT2D eigenvalue weighted by Gasteiger charge is 2.12. The summed E-state index contributed by atoms with van der Waals surface area (Å²) in [6.45, 7) is 4.99. The highest BCUT2D eigenvalue weighted by Crippen LogP contribution is 2.19. The summed E-state index contributed by atoms with van der Waals surface area (Å²) < 4.78 is 11.2. The van der Waals surface area contributed by atoms with Crippen LogP contribution in [0.2, 0.25) is 5.02 Å². The molecule has 2 N–H and O–H groups in total. The number of halogens is 1. The zero-order valence-electron chi connectivity index (χ0n) is 11.9. The van der Waals surface area contributed by atoms with Gasteiger partial charge in [-0.05, 0) is 19.4 Å². The molecule has 0 radical (unpaired) electrons. The van der Waals surface area contributed by atoms with Crippen LogP contribution in [0.1, 0.15) is 30.6 Å². The normalized spacial score (nSPS) is 13.6. The van der Waals surface area contributed by atoms with E-state index in [-0.39, 0.29) is 11.2 Å². The lowest BCUT2D eigenvalue weighted by Crippen LogP contribution is -2.32. The van der Waals surface area contributed by atoms with E-state index in [1.54, 1.807) is 12.3 Å². The molecule has 20 heavy (non-hydrogen) atoms. The van der Waals surface area contributed by atoms with Crippen molar-refractivity contribution in [3.8, 4) is 0 Å². The van der Waals surface area contributed by atoms with E-state index in [0.29, 0.717) is 22.9 Å². The Labute approximate surface area is 127 Å². The van der Waals surface area contributed by atoms with Gasteiger partial charge in [-0.3, -0.25) is 9.00 Å². The fraction of sp³-hybridized carbons (Fsp3) is 0.538. The third-order valence-corrected chi connectivity index (χ3v) is 4.35. The summed E-state index contributed by atoms with van der Waals surface area (Å²) in [7, 11) is -0.961. The van der Waals surface area contributed by atoms with Crippen LogP contribution in [0.4, 0.5) is 5.82 Å². The quantitative estimate of drug-likeness (QED) is 0.807. The Hall–Kier alpha value is -1.14. The zero-order valence-corrected chi connectivity index (χ0v) is 13.5. The van der Waals surface area contributed by atoms with Crippen LogP contribution in [0.3, 0.4) is 0 Å². The number of nitrogens with zero attached hydrogens (tertiary/aromatic N) is 1. The van der Waals surface area contributed by atoms with E-state index < -0.39 is 10.8 Å². The minimum absolute atomic E-state index is 0.0899. The molecule has 0 bridgehead atoms. The highest BCUT2D eigenvalue weighted by molar-refractivity contribution is 7.84. The van der Waals surface area contributed by atoms with Crippen molar-refractivity contribution in [3.05, 3.63) is 22.8 Å². The second-order valence-corrected chi connectivity index (χ2v) is 6.71. The van der Waals surface area contributed by atoms with E-state index in [4.69, 9.17) is 11.6 Å². The summed E-state index contributed by atoms with van der Waals surface area (Å²) in [6, 6.07) is 1.58. The van der Waals surface area contributed by atoms with Gasteiger partial charge in [-0.15, -0.1) is 0 Å². The predicted molar refractivity (Wildman–Crippen MR) is 83.9 cm³/mol. The summed E-state index contributed by atoms with van der Waals surface area (Å²) in [4.78, 5) is 16.1. The molecule has 7 heteroatoms. The first-order valence-electron chi connectivity index (χ1n) is 6.45. The number of hydrogen-bond acceptors (Lipinski definition) is 4. The Morgan fingerprint density at radius 2 is 2.25 bits per heavy atom. The Morgan fingerprint density at radius 3 is 2.80 bits per heavy atom. The molecule has 0 fully saturated rings. The Balaban J connectivity index is 2.65. The molecular formula is C13H20ClN3O2S. The maximum atomic E-state index is 11.9. The third kappa shape index (κ3) is 5.09. The first-order chi connectivity index (χ1) is 9.45. The van der Waals surface area contributed by atoms with Crippen molar-refractivity contribution in [2.24, 2.45) is 0 Å². The van der Waals surface area contributed by atoms with E-state index in [0.717, 1.165) is 13.0 Å². The van der Waals surface area contributed by atoms with Gasteiger partial charge >= 0.3 is 0 Å². The van der Waals surface area contributed by atoms with Crippen molar-refractivity contribution in [1.82, 2.24) is 10.3 Å². The summed E-state index contributed by atoms with van der Waals surface area (Å²) >= 11 is 6.07. The van der Waals surface area contributed by atoms with Crippen LogP contribution in [-0.2, 0) is 10.8 Å². The third-order valence-electron chi connectivity index (χ3n) is 2.76. The lowest BCUT2D eigenvalue weighted by Gasteiger charge is -2.11. The van der Waals surface area contributed by atoms with Crippen molar-refractivity contribution >= 4 is 34.1 Å². The number of carbonyl (C=O) groups excluding carboxylic acids is 1. The van der Waals surface area contributed by atoms with Gasteiger partial charge in [0.2, 0.25) is 0 Å². The van der Waals surface area contributed by atoms with Gasteiger partial charge in [-0.25, -0.2) is 4.98 Å². The summed E-state index contributed by atoms with van der Waals surface area (Å²) in [5.74, 6) is 0.312. The van der Waals surface area contributed by atoms with Crippen molar-refractivity contribution in [2.75, 3.05) is 24.7 Å². The summed E-state index contributed by atoms with van der Waals surface area (Å²) in [5, 5.41) is 6.12. The number of aromatic nitrogens is 1. The van der Waals surface area contributed by atoms with Crippen LogP contribution in [0, 0.1) is 0 Å². The van der Waals surface area contributed by atoms with E-state index >= 15 is 0 Å². The Bertz CT molecular complexity index is 497. The Kier molecular flexibility index (Phi) is 6.95. The number of rotatable bonds is 7. The van der Waals surface area contributed by atoms with E-state index in [2.05, 4.69) is 15.6 Å². The van der Waals surface area contributed by atoms with Crippen LogP contribution in [0.15, 0.2) is 12.3 Å². The van der Waals surface area contributed by atoms with Gasteiger partial charge < -0.3 is 10.6 Å². The van der Waals surface area contributed by atoms with E-state index in [1.165, 1.54) is 6.20 Å². The van der Waals surface area contributed by atoms with Crippen molar-refractivity contribution in [2.45, 2.75) is 25.5 Å². The molecule has 1 amide bonds. The maximum absolute atomic E-state index is 11.9. The molecular weight excluding hydrogens is 298 g/mol. The number of pyridine rings is 1. The molecule has 0 aliphatic carbocycles. The molecule has 5 nitrogen and oxygen atoms in total. The van der Waals surface area contributed by atoms with Crippen molar-refractivity contribution in [1.29, 1.82) is 0 Å². The first kappa shape index (κ1) is 16.9. The number of nitrogens with one attached hydrogen (secondary N) is 2. The molecule has 1 rings (SSSR count). The predicted octanol–water partition coefficient (Wildman–Crippen LogP) is 2.05. The maximum Gasteiger partial charge on any atom is 0.252 e. The molecule has 112 valence electrons. The van der Waals surface area contributed by atoms with Crippen LogP contribution in [-0.4, -0.2) is 39.7 Å². The number of hydrogen-bond donors (Lipinski definition) is 2. The van der Waals surface area contributed by atoms with Gasteiger partial charge in [0.15, 0.2) is 0 Å². The number of carbonyl (C=O) groups is 1. The van der Waals surface area contributed by atoms with Crippen LogP contribution in [0.5, 0.6) is 0 Å². The fourth-order valence-corrected chi connectivity index (χ4v) is 1.94. The topological polar surface area (TPSA) is 71.1 Å². The molecule has 0 aromatic carbocycles. The van der Waals surface area contributed by atoms with Gasteiger partial charge in [-0.1, -0.05) is 18.5 Å². The monoisotopic (exact) mass is 317 g/mol. The molecule has 1 heterocycles. The minimum atomic E-state index is -0.961.